The molecule has 3 rings (SSSR count). The van der Waals surface area contributed by atoms with Crippen molar-refractivity contribution in [3.05, 3.63) is 35.9 Å². The highest BCUT2D eigenvalue weighted by Crippen LogP contribution is 2.24. The number of likely N-dealkylation sites (tertiary alicyclic amines) is 2. The molecule has 1 aromatic carbocycles. The normalized spacial score (nSPS) is 25.4. The van der Waals surface area contributed by atoms with Gasteiger partial charge in [0, 0.05) is 12.6 Å². The Morgan fingerprint density at radius 3 is 2.45 bits per heavy atom. The summed E-state index contributed by atoms with van der Waals surface area (Å²) < 4.78 is 0. The molecule has 1 unspecified atom stereocenters. The molecule has 2 nitrogen and oxygen atoms in total. The zero-order valence-electron chi connectivity index (χ0n) is 14.2. The fourth-order valence-corrected chi connectivity index (χ4v) is 4.30. The van der Waals surface area contributed by atoms with Gasteiger partial charge in [0.1, 0.15) is 0 Å². The third kappa shape index (κ3) is 4.33. The first kappa shape index (κ1) is 16.0. The van der Waals surface area contributed by atoms with Crippen molar-refractivity contribution in [2.75, 3.05) is 32.7 Å². The maximum absolute atomic E-state index is 2.74. The monoisotopic (exact) mass is 300 g/mol. The molecule has 1 atom stereocenters. The van der Waals surface area contributed by atoms with Crippen LogP contribution < -0.4 is 0 Å². The minimum atomic E-state index is 0.824. The Balaban J connectivity index is 1.43. The Kier molecular flexibility index (Phi) is 5.91. The van der Waals surface area contributed by atoms with Gasteiger partial charge >= 0.3 is 0 Å². The number of rotatable bonds is 5. The SMILES string of the molecule is CCN1CCCCC1CN1CCC(Cc2ccccc2)CC1. The van der Waals surface area contributed by atoms with Gasteiger partial charge in [-0.25, -0.2) is 0 Å². The molecule has 2 aliphatic rings. The lowest BCUT2D eigenvalue weighted by atomic mass is 9.89. The lowest BCUT2D eigenvalue weighted by Crippen LogP contribution is -2.48. The topological polar surface area (TPSA) is 6.48 Å². The van der Waals surface area contributed by atoms with E-state index in [1.54, 1.807) is 0 Å². The summed E-state index contributed by atoms with van der Waals surface area (Å²) in [6.07, 6.45) is 8.30. The molecule has 2 saturated heterocycles. The predicted molar refractivity (Wildman–Crippen MR) is 94.2 cm³/mol. The van der Waals surface area contributed by atoms with Crippen LogP contribution in [0.3, 0.4) is 0 Å². The minimum absolute atomic E-state index is 0.824. The molecule has 22 heavy (non-hydrogen) atoms. The van der Waals surface area contributed by atoms with E-state index in [1.165, 1.54) is 76.8 Å². The first-order valence-electron chi connectivity index (χ1n) is 9.35. The Bertz CT molecular complexity index is 423. The number of likely N-dealkylation sites (N-methyl/N-ethyl adjacent to an activating group) is 1. The first-order chi connectivity index (χ1) is 10.8. The van der Waals surface area contributed by atoms with Crippen LogP contribution in [-0.4, -0.2) is 48.6 Å². The van der Waals surface area contributed by atoms with Gasteiger partial charge in [-0.05, 0) is 69.8 Å². The molecule has 0 N–H and O–H groups in total. The Labute approximate surface area is 136 Å². The molecule has 122 valence electrons. The molecule has 0 radical (unpaired) electrons. The Morgan fingerprint density at radius 2 is 1.73 bits per heavy atom. The molecular formula is C20H32N2. The lowest BCUT2D eigenvalue weighted by Gasteiger charge is -2.40. The smallest absolute Gasteiger partial charge is 0.0223 e. The van der Waals surface area contributed by atoms with E-state index in [2.05, 4.69) is 47.1 Å². The van der Waals surface area contributed by atoms with Crippen molar-refractivity contribution in [3.8, 4) is 0 Å². The standard InChI is InChI=1S/C20H32N2/c1-2-22-13-7-6-10-20(22)17-21-14-11-19(12-15-21)16-18-8-4-3-5-9-18/h3-5,8-9,19-20H,2,6-7,10-17H2,1H3. The average molecular weight is 300 g/mol. The number of piperidine rings is 2. The van der Waals surface area contributed by atoms with Gasteiger partial charge in [-0.2, -0.15) is 0 Å². The highest BCUT2D eigenvalue weighted by molar-refractivity contribution is 5.15. The van der Waals surface area contributed by atoms with E-state index in [9.17, 15) is 0 Å². The van der Waals surface area contributed by atoms with Crippen molar-refractivity contribution in [2.45, 2.75) is 51.5 Å². The second-order valence-corrected chi connectivity index (χ2v) is 7.21. The maximum atomic E-state index is 2.74. The van der Waals surface area contributed by atoms with Crippen LogP contribution in [0.2, 0.25) is 0 Å². The molecule has 0 aliphatic carbocycles. The summed E-state index contributed by atoms with van der Waals surface area (Å²) >= 11 is 0. The summed E-state index contributed by atoms with van der Waals surface area (Å²) in [4.78, 5) is 5.44. The number of hydrogen-bond acceptors (Lipinski definition) is 2. The van der Waals surface area contributed by atoms with Crippen LogP contribution in [0.5, 0.6) is 0 Å². The van der Waals surface area contributed by atoms with Crippen molar-refractivity contribution < 1.29 is 0 Å². The fraction of sp³-hybridized carbons (Fsp3) is 0.700. The van der Waals surface area contributed by atoms with Crippen LogP contribution in [0.15, 0.2) is 30.3 Å². The van der Waals surface area contributed by atoms with Crippen molar-refractivity contribution in [2.24, 2.45) is 5.92 Å². The zero-order valence-corrected chi connectivity index (χ0v) is 14.2. The van der Waals surface area contributed by atoms with Gasteiger partial charge in [-0.1, -0.05) is 43.7 Å². The van der Waals surface area contributed by atoms with Crippen molar-refractivity contribution in [1.82, 2.24) is 9.80 Å². The summed E-state index contributed by atoms with van der Waals surface area (Å²) in [5, 5.41) is 0. The Morgan fingerprint density at radius 1 is 0.955 bits per heavy atom. The molecule has 2 fully saturated rings. The van der Waals surface area contributed by atoms with Crippen LogP contribution >= 0.6 is 0 Å². The average Bonchev–Trinajstić information content (AvgIpc) is 2.58. The van der Waals surface area contributed by atoms with Gasteiger partial charge in [-0.3, -0.25) is 4.90 Å². The van der Waals surface area contributed by atoms with Crippen molar-refractivity contribution in [1.29, 1.82) is 0 Å². The molecule has 2 heterocycles. The Hall–Kier alpha value is -0.860. The molecule has 1 aromatic rings. The number of benzene rings is 1. The summed E-state index contributed by atoms with van der Waals surface area (Å²) in [6, 6.07) is 11.9. The summed E-state index contributed by atoms with van der Waals surface area (Å²) in [7, 11) is 0. The minimum Gasteiger partial charge on any atom is -0.302 e. The second-order valence-electron chi connectivity index (χ2n) is 7.21. The summed E-state index contributed by atoms with van der Waals surface area (Å²) in [5.74, 6) is 0.896. The molecule has 2 heteroatoms. The highest BCUT2D eigenvalue weighted by Gasteiger charge is 2.26. The predicted octanol–water partition coefficient (Wildman–Crippen LogP) is 3.82. The molecule has 0 bridgehead atoms. The lowest BCUT2D eigenvalue weighted by molar-refractivity contribution is 0.0899. The quantitative estimate of drug-likeness (QED) is 0.816. The molecule has 0 spiro atoms. The molecule has 0 saturated carbocycles. The second kappa shape index (κ2) is 8.12. The maximum Gasteiger partial charge on any atom is 0.0223 e. The van der Waals surface area contributed by atoms with Crippen molar-refractivity contribution in [3.63, 3.8) is 0 Å². The largest absolute Gasteiger partial charge is 0.302 e. The van der Waals surface area contributed by atoms with Gasteiger partial charge in [0.15, 0.2) is 0 Å². The van der Waals surface area contributed by atoms with Gasteiger partial charge < -0.3 is 4.90 Å². The summed E-state index contributed by atoms with van der Waals surface area (Å²) in [5.41, 5.74) is 1.52. The third-order valence-electron chi connectivity index (χ3n) is 5.70. The van der Waals surface area contributed by atoms with Crippen LogP contribution in [-0.2, 0) is 6.42 Å². The van der Waals surface area contributed by atoms with E-state index in [1.807, 2.05) is 0 Å². The van der Waals surface area contributed by atoms with Crippen molar-refractivity contribution >= 4 is 0 Å². The van der Waals surface area contributed by atoms with Gasteiger partial charge in [0.2, 0.25) is 0 Å². The third-order valence-corrected chi connectivity index (χ3v) is 5.70. The summed E-state index contributed by atoms with van der Waals surface area (Å²) in [6.45, 7) is 8.81. The number of hydrogen-bond donors (Lipinski definition) is 0. The van der Waals surface area contributed by atoms with Gasteiger partial charge in [-0.15, -0.1) is 0 Å². The van der Waals surface area contributed by atoms with Gasteiger partial charge in [0.05, 0.1) is 0 Å². The molecule has 0 amide bonds. The van der Waals surface area contributed by atoms with Crippen LogP contribution in [0, 0.1) is 5.92 Å². The van der Waals surface area contributed by atoms with E-state index < -0.39 is 0 Å². The van der Waals surface area contributed by atoms with E-state index in [-0.39, 0.29) is 0 Å². The molecule has 2 aliphatic heterocycles. The molecular weight excluding hydrogens is 268 g/mol. The van der Waals surface area contributed by atoms with Crippen LogP contribution in [0.4, 0.5) is 0 Å². The fourth-order valence-electron chi connectivity index (χ4n) is 4.30. The molecule has 0 aromatic heterocycles. The van der Waals surface area contributed by atoms with E-state index >= 15 is 0 Å². The van der Waals surface area contributed by atoms with Crippen LogP contribution in [0.25, 0.3) is 0 Å². The van der Waals surface area contributed by atoms with Crippen LogP contribution in [0.1, 0.15) is 44.6 Å². The zero-order chi connectivity index (χ0) is 15.2. The number of nitrogens with zero attached hydrogens (tertiary/aromatic N) is 2. The highest BCUT2D eigenvalue weighted by atomic mass is 15.2. The van der Waals surface area contributed by atoms with E-state index in [4.69, 9.17) is 0 Å². The van der Waals surface area contributed by atoms with Gasteiger partial charge in [0.25, 0.3) is 0 Å². The van der Waals surface area contributed by atoms with E-state index in [0.717, 1.165) is 12.0 Å². The van der Waals surface area contributed by atoms with E-state index in [0.29, 0.717) is 0 Å². The first-order valence-corrected chi connectivity index (χ1v) is 9.35.